The van der Waals surface area contributed by atoms with Gasteiger partial charge in [0.2, 0.25) is 0 Å². The largest absolute Gasteiger partial charge is 0.497 e. The van der Waals surface area contributed by atoms with E-state index >= 15 is 0 Å². The Hall–Kier alpha value is -3.02. The molecule has 0 aromatic heterocycles. The summed E-state index contributed by atoms with van der Waals surface area (Å²) in [5.41, 5.74) is 5.89. The minimum absolute atomic E-state index is 0.248. The molecule has 0 fully saturated rings. The Kier molecular flexibility index (Phi) is 5.19. The monoisotopic (exact) mass is 314 g/mol. The highest BCUT2D eigenvalue weighted by atomic mass is 16.5. The van der Waals surface area contributed by atoms with E-state index in [-0.39, 0.29) is 11.5 Å². The Morgan fingerprint density at radius 3 is 2.26 bits per heavy atom. The molecule has 23 heavy (non-hydrogen) atoms. The van der Waals surface area contributed by atoms with Crippen molar-refractivity contribution in [2.24, 2.45) is 5.73 Å². The maximum atomic E-state index is 12.2. The number of anilines is 1. The summed E-state index contributed by atoms with van der Waals surface area (Å²) in [6, 6.07) is 13.4. The number of nitrogens with two attached hydrogens (primary N) is 1. The molecule has 0 heterocycles. The van der Waals surface area contributed by atoms with E-state index in [1.54, 1.807) is 62.6 Å². The molecular formula is C17H18N2O4. The van der Waals surface area contributed by atoms with Gasteiger partial charge in [0.1, 0.15) is 11.5 Å². The van der Waals surface area contributed by atoms with Crippen LogP contribution in [0.4, 0.5) is 5.69 Å². The van der Waals surface area contributed by atoms with Gasteiger partial charge in [0.25, 0.3) is 11.8 Å². The summed E-state index contributed by atoms with van der Waals surface area (Å²) in [6.45, 7) is 1.62. The average Bonchev–Trinajstić information content (AvgIpc) is 2.55. The maximum absolute atomic E-state index is 12.2. The van der Waals surface area contributed by atoms with Crippen molar-refractivity contribution in [1.82, 2.24) is 0 Å². The van der Waals surface area contributed by atoms with Crippen molar-refractivity contribution < 1.29 is 19.1 Å². The molecule has 0 bridgehead atoms. The average molecular weight is 314 g/mol. The lowest BCUT2D eigenvalue weighted by Gasteiger charge is -2.16. The smallest absolute Gasteiger partial charge is 0.265 e. The molecule has 1 unspecified atom stereocenters. The fourth-order valence-corrected chi connectivity index (χ4v) is 1.95. The molecule has 0 aliphatic heterocycles. The second kappa shape index (κ2) is 7.31. The lowest BCUT2D eigenvalue weighted by atomic mass is 10.1. The minimum Gasteiger partial charge on any atom is -0.497 e. The van der Waals surface area contributed by atoms with Gasteiger partial charge in [0, 0.05) is 0 Å². The first-order valence-corrected chi connectivity index (χ1v) is 7.01. The Labute approximate surface area is 134 Å². The van der Waals surface area contributed by atoms with E-state index in [9.17, 15) is 9.59 Å². The van der Waals surface area contributed by atoms with Gasteiger partial charge in [-0.2, -0.15) is 0 Å². The first-order valence-electron chi connectivity index (χ1n) is 7.01. The quantitative estimate of drug-likeness (QED) is 0.855. The number of hydrogen-bond donors (Lipinski definition) is 2. The van der Waals surface area contributed by atoms with Crippen molar-refractivity contribution >= 4 is 17.5 Å². The van der Waals surface area contributed by atoms with Crippen LogP contribution in [0.1, 0.15) is 17.3 Å². The molecule has 0 aliphatic carbocycles. The normalized spacial score (nSPS) is 11.4. The van der Waals surface area contributed by atoms with Gasteiger partial charge in [-0.3, -0.25) is 9.59 Å². The number of nitrogens with one attached hydrogen (secondary N) is 1. The van der Waals surface area contributed by atoms with E-state index in [4.69, 9.17) is 15.2 Å². The van der Waals surface area contributed by atoms with Gasteiger partial charge in [-0.05, 0) is 43.3 Å². The molecule has 0 saturated carbocycles. The van der Waals surface area contributed by atoms with Crippen molar-refractivity contribution in [2.45, 2.75) is 13.0 Å². The number of ether oxygens (including phenoxy) is 2. The predicted molar refractivity (Wildman–Crippen MR) is 86.7 cm³/mol. The molecule has 2 rings (SSSR count). The number of rotatable bonds is 6. The standard InChI is InChI=1S/C17H18N2O4/c1-11(23-13-9-7-12(22-2)8-10-13)17(21)19-15-6-4-3-5-14(15)16(18)20/h3-11H,1-2H3,(H2,18,20)(H,19,21). The Morgan fingerprint density at radius 1 is 1.04 bits per heavy atom. The van der Waals surface area contributed by atoms with Crippen molar-refractivity contribution in [3.8, 4) is 11.5 Å². The molecule has 6 nitrogen and oxygen atoms in total. The van der Waals surface area contributed by atoms with E-state index < -0.39 is 12.0 Å². The van der Waals surface area contributed by atoms with Gasteiger partial charge < -0.3 is 20.5 Å². The summed E-state index contributed by atoms with van der Waals surface area (Å²) in [6.07, 6.45) is -0.746. The molecule has 2 aromatic carbocycles. The molecule has 6 heteroatoms. The number of methoxy groups -OCH3 is 1. The van der Waals surface area contributed by atoms with E-state index in [2.05, 4.69) is 5.32 Å². The number of amides is 2. The molecule has 0 saturated heterocycles. The first-order chi connectivity index (χ1) is 11.0. The summed E-state index contributed by atoms with van der Waals surface area (Å²) < 4.78 is 10.6. The number of benzene rings is 2. The summed E-state index contributed by atoms with van der Waals surface area (Å²) in [5, 5.41) is 2.64. The van der Waals surface area contributed by atoms with Crippen LogP contribution in [0.25, 0.3) is 0 Å². The third-order valence-corrected chi connectivity index (χ3v) is 3.19. The third-order valence-electron chi connectivity index (χ3n) is 3.19. The summed E-state index contributed by atoms with van der Waals surface area (Å²) in [5.74, 6) is 0.251. The second-order valence-corrected chi connectivity index (χ2v) is 4.83. The van der Waals surface area contributed by atoms with Crippen LogP contribution in [0, 0.1) is 0 Å². The molecule has 3 N–H and O–H groups in total. The molecule has 0 radical (unpaired) electrons. The Morgan fingerprint density at radius 2 is 1.65 bits per heavy atom. The van der Waals surface area contributed by atoms with Crippen LogP contribution in [-0.4, -0.2) is 25.0 Å². The van der Waals surface area contributed by atoms with Gasteiger partial charge in [0.05, 0.1) is 18.4 Å². The zero-order chi connectivity index (χ0) is 16.8. The highest BCUT2D eigenvalue weighted by Gasteiger charge is 2.17. The van der Waals surface area contributed by atoms with E-state index in [0.29, 0.717) is 17.2 Å². The van der Waals surface area contributed by atoms with Gasteiger partial charge >= 0.3 is 0 Å². The Balaban J connectivity index is 2.04. The summed E-state index contributed by atoms with van der Waals surface area (Å²) >= 11 is 0. The summed E-state index contributed by atoms with van der Waals surface area (Å²) in [4.78, 5) is 23.6. The number of carbonyl (C=O) groups excluding carboxylic acids is 2. The summed E-state index contributed by atoms with van der Waals surface area (Å²) in [7, 11) is 1.57. The fourth-order valence-electron chi connectivity index (χ4n) is 1.95. The van der Waals surface area contributed by atoms with Crippen LogP contribution in [0.5, 0.6) is 11.5 Å². The van der Waals surface area contributed by atoms with E-state index in [1.165, 1.54) is 0 Å². The van der Waals surface area contributed by atoms with Crippen LogP contribution in [0.15, 0.2) is 48.5 Å². The van der Waals surface area contributed by atoms with Gasteiger partial charge in [-0.1, -0.05) is 12.1 Å². The molecule has 1 atom stereocenters. The third kappa shape index (κ3) is 4.23. The number of carbonyl (C=O) groups is 2. The number of primary amides is 1. The molecule has 0 spiro atoms. The van der Waals surface area contributed by atoms with Crippen molar-refractivity contribution in [3.63, 3.8) is 0 Å². The molecule has 2 amide bonds. The van der Waals surface area contributed by atoms with Gasteiger partial charge in [-0.15, -0.1) is 0 Å². The molecule has 2 aromatic rings. The van der Waals surface area contributed by atoms with Crippen LogP contribution in [-0.2, 0) is 4.79 Å². The highest BCUT2D eigenvalue weighted by molar-refractivity contribution is 6.03. The van der Waals surface area contributed by atoms with Gasteiger partial charge in [0.15, 0.2) is 6.10 Å². The van der Waals surface area contributed by atoms with E-state index in [1.807, 2.05) is 0 Å². The van der Waals surface area contributed by atoms with Crippen molar-refractivity contribution in [1.29, 1.82) is 0 Å². The van der Waals surface area contributed by atoms with E-state index in [0.717, 1.165) is 0 Å². The number of para-hydroxylation sites is 1. The molecule has 0 aliphatic rings. The van der Waals surface area contributed by atoms with Crippen LogP contribution in [0.3, 0.4) is 0 Å². The lowest BCUT2D eigenvalue weighted by Crippen LogP contribution is -2.31. The molecular weight excluding hydrogens is 296 g/mol. The lowest BCUT2D eigenvalue weighted by molar-refractivity contribution is -0.122. The Bertz CT molecular complexity index is 698. The predicted octanol–water partition coefficient (Wildman–Crippen LogP) is 2.20. The number of hydrogen-bond acceptors (Lipinski definition) is 4. The van der Waals surface area contributed by atoms with Crippen molar-refractivity contribution in [3.05, 3.63) is 54.1 Å². The maximum Gasteiger partial charge on any atom is 0.265 e. The minimum atomic E-state index is -0.746. The van der Waals surface area contributed by atoms with Crippen LogP contribution in [0.2, 0.25) is 0 Å². The zero-order valence-electron chi connectivity index (χ0n) is 12.9. The fraction of sp³-hybridized carbons (Fsp3) is 0.176. The highest BCUT2D eigenvalue weighted by Crippen LogP contribution is 2.19. The molecule has 120 valence electrons. The SMILES string of the molecule is COc1ccc(OC(C)C(=O)Nc2ccccc2C(N)=O)cc1. The zero-order valence-corrected chi connectivity index (χ0v) is 12.9. The van der Waals surface area contributed by atoms with Crippen molar-refractivity contribution in [2.75, 3.05) is 12.4 Å². The van der Waals surface area contributed by atoms with Crippen LogP contribution < -0.4 is 20.5 Å². The van der Waals surface area contributed by atoms with Crippen LogP contribution >= 0.6 is 0 Å². The van der Waals surface area contributed by atoms with Gasteiger partial charge in [-0.25, -0.2) is 0 Å². The second-order valence-electron chi connectivity index (χ2n) is 4.83. The topological polar surface area (TPSA) is 90.7 Å². The first kappa shape index (κ1) is 16.4.